The zero-order valence-electron chi connectivity index (χ0n) is 11.8. The summed E-state index contributed by atoms with van der Waals surface area (Å²) in [5.74, 6) is -1.06. The Labute approximate surface area is 117 Å². The number of nitrogens with zero attached hydrogens (tertiary/aromatic N) is 1. The van der Waals surface area contributed by atoms with Crippen LogP contribution in [-0.4, -0.2) is 49.0 Å². The first-order chi connectivity index (χ1) is 9.54. The molecule has 6 nitrogen and oxygen atoms in total. The summed E-state index contributed by atoms with van der Waals surface area (Å²) in [5.41, 5.74) is 0.477. The highest BCUT2D eigenvalue weighted by Crippen LogP contribution is 2.33. The molecule has 6 heteroatoms. The van der Waals surface area contributed by atoms with E-state index in [1.54, 1.807) is 24.9 Å². The monoisotopic (exact) mass is 281 g/mol. The first kappa shape index (κ1) is 14.6. The maximum atomic E-state index is 12.1. The van der Waals surface area contributed by atoms with E-state index in [4.69, 9.17) is 9.47 Å². The van der Waals surface area contributed by atoms with Gasteiger partial charge in [-0.1, -0.05) is 6.08 Å². The van der Waals surface area contributed by atoms with Crippen molar-refractivity contribution in [3.05, 3.63) is 11.6 Å². The third-order valence-corrected chi connectivity index (χ3v) is 3.80. The maximum Gasteiger partial charge on any atom is 0.344 e. The largest absolute Gasteiger partial charge is 0.463 e. The fourth-order valence-electron chi connectivity index (χ4n) is 2.74. The highest BCUT2D eigenvalue weighted by molar-refractivity contribution is 5.93. The highest BCUT2D eigenvalue weighted by atomic mass is 16.6. The zero-order valence-corrected chi connectivity index (χ0v) is 11.8. The number of rotatable bonds is 4. The molecule has 20 heavy (non-hydrogen) atoms. The normalized spacial score (nSPS) is 25.0. The summed E-state index contributed by atoms with van der Waals surface area (Å²) in [7, 11) is 1.71. The van der Waals surface area contributed by atoms with Gasteiger partial charge in [0.2, 0.25) is 5.91 Å². The molecule has 2 aliphatic heterocycles. The molecule has 2 unspecified atom stereocenters. The average molecular weight is 281 g/mol. The van der Waals surface area contributed by atoms with Crippen molar-refractivity contribution in [1.82, 2.24) is 4.90 Å². The Bertz CT molecular complexity index is 456. The van der Waals surface area contributed by atoms with E-state index in [-0.39, 0.29) is 24.5 Å². The van der Waals surface area contributed by atoms with E-state index in [9.17, 15) is 14.4 Å². The number of hydrogen-bond donors (Lipinski definition) is 0. The molecular weight excluding hydrogens is 262 g/mol. The van der Waals surface area contributed by atoms with Crippen molar-refractivity contribution in [1.29, 1.82) is 0 Å². The van der Waals surface area contributed by atoms with Crippen LogP contribution in [0.2, 0.25) is 0 Å². The number of ether oxygens (including phenoxy) is 2. The number of allylic oxidation sites excluding steroid dienone is 1. The van der Waals surface area contributed by atoms with Crippen LogP contribution in [0.3, 0.4) is 0 Å². The molecule has 0 radical (unpaired) electrons. The first-order valence-corrected chi connectivity index (χ1v) is 6.84. The predicted octanol–water partition coefficient (Wildman–Crippen LogP) is 0.660. The van der Waals surface area contributed by atoms with Crippen LogP contribution in [-0.2, 0) is 23.9 Å². The second-order valence-corrected chi connectivity index (χ2v) is 5.02. The molecule has 0 spiro atoms. The van der Waals surface area contributed by atoms with Crippen LogP contribution >= 0.6 is 0 Å². The van der Waals surface area contributed by atoms with Crippen molar-refractivity contribution in [2.45, 2.75) is 32.2 Å². The fraction of sp³-hybridized carbons (Fsp3) is 0.643. The molecule has 1 aliphatic carbocycles. The number of amides is 1. The van der Waals surface area contributed by atoms with Crippen LogP contribution in [0.4, 0.5) is 0 Å². The molecule has 110 valence electrons. The summed E-state index contributed by atoms with van der Waals surface area (Å²) in [6.45, 7) is 1.55. The second-order valence-electron chi connectivity index (χ2n) is 5.02. The Balaban J connectivity index is 2.01. The summed E-state index contributed by atoms with van der Waals surface area (Å²) in [4.78, 5) is 36.9. The van der Waals surface area contributed by atoms with Gasteiger partial charge in [-0.3, -0.25) is 4.79 Å². The van der Waals surface area contributed by atoms with E-state index in [0.717, 1.165) is 12.8 Å². The van der Waals surface area contributed by atoms with E-state index in [1.807, 2.05) is 0 Å². The van der Waals surface area contributed by atoms with E-state index >= 15 is 0 Å². The van der Waals surface area contributed by atoms with Crippen LogP contribution in [0, 0.1) is 5.92 Å². The molecule has 0 N–H and O–H groups in total. The summed E-state index contributed by atoms with van der Waals surface area (Å²) >= 11 is 0. The third-order valence-electron chi connectivity index (χ3n) is 3.80. The van der Waals surface area contributed by atoms with Crippen molar-refractivity contribution < 1.29 is 23.9 Å². The molecule has 2 atom stereocenters. The Morgan fingerprint density at radius 1 is 1.35 bits per heavy atom. The molecule has 2 bridgehead atoms. The molecule has 1 fully saturated rings. The number of likely N-dealkylation sites (N-methyl/N-ethyl adjacent to an activating group) is 1. The van der Waals surface area contributed by atoms with E-state index in [1.165, 1.54) is 0 Å². The van der Waals surface area contributed by atoms with Crippen LogP contribution in [0.5, 0.6) is 0 Å². The maximum absolute atomic E-state index is 12.1. The highest BCUT2D eigenvalue weighted by Gasteiger charge is 2.39. The average Bonchev–Trinajstić information content (AvgIpc) is 2.70. The van der Waals surface area contributed by atoms with Gasteiger partial charge in [0.1, 0.15) is 0 Å². The van der Waals surface area contributed by atoms with Crippen molar-refractivity contribution in [2.75, 3.05) is 20.3 Å². The summed E-state index contributed by atoms with van der Waals surface area (Å²) in [6.07, 6.45) is 3.88. The number of esters is 2. The smallest absolute Gasteiger partial charge is 0.344 e. The van der Waals surface area contributed by atoms with Gasteiger partial charge in [0.25, 0.3) is 0 Å². The first-order valence-electron chi connectivity index (χ1n) is 6.84. The number of carbonyl (C=O) groups is 3. The van der Waals surface area contributed by atoms with Crippen molar-refractivity contribution in [3.8, 4) is 0 Å². The topological polar surface area (TPSA) is 72.9 Å². The van der Waals surface area contributed by atoms with Gasteiger partial charge < -0.3 is 14.4 Å². The molecule has 1 amide bonds. The van der Waals surface area contributed by atoms with E-state index in [2.05, 4.69) is 0 Å². The van der Waals surface area contributed by atoms with Crippen LogP contribution < -0.4 is 0 Å². The van der Waals surface area contributed by atoms with Gasteiger partial charge in [0.15, 0.2) is 6.61 Å². The molecular formula is C14H19NO5. The lowest BCUT2D eigenvalue weighted by Crippen LogP contribution is -2.45. The Morgan fingerprint density at radius 3 is 2.80 bits per heavy atom. The third kappa shape index (κ3) is 2.84. The van der Waals surface area contributed by atoms with Gasteiger partial charge in [-0.05, 0) is 26.2 Å². The molecule has 0 aromatic heterocycles. The molecule has 3 rings (SSSR count). The van der Waals surface area contributed by atoms with Crippen LogP contribution in [0.1, 0.15) is 26.2 Å². The molecule has 1 saturated heterocycles. The van der Waals surface area contributed by atoms with Crippen molar-refractivity contribution in [2.24, 2.45) is 5.92 Å². The van der Waals surface area contributed by atoms with Gasteiger partial charge in [0.05, 0.1) is 18.2 Å². The summed E-state index contributed by atoms with van der Waals surface area (Å²) < 4.78 is 9.67. The lowest BCUT2D eigenvalue weighted by molar-refractivity contribution is -0.156. The SMILES string of the molecule is CCOC(=O)COC(=O)C1=CCC2CCC1N(C)C2=O. The van der Waals surface area contributed by atoms with Crippen molar-refractivity contribution in [3.63, 3.8) is 0 Å². The molecule has 0 aromatic rings. The minimum absolute atomic E-state index is 0.0355. The standard InChI is InChI=1S/C14H19NO5/c1-3-19-12(16)8-20-14(18)10-6-4-9-5-7-11(10)15(2)13(9)17/h6,9,11H,3-5,7-8H2,1-2H3. The number of piperidine rings is 1. The molecule has 2 heterocycles. The number of hydrogen-bond acceptors (Lipinski definition) is 5. The van der Waals surface area contributed by atoms with Gasteiger partial charge in [-0.2, -0.15) is 0 Å². The zero-order chi connectivity index (χ0) is 14.7. The molecule has 0 aromatic carbocycles. The fourth-order valence-corrected chi connectivity index (χ4v) is 2.74. The van der Waals surface area contributed by atoms with Crippen LogP contribution in [0.15, 0.2) is 11.6 Å². The molecule has 0 saturated carbocycles. The van der Waals surface area contributed by atoms with Crippen molar-refractivity contribution >= 4 is 17.8 Å². The van der Waals surface area contributed by atoms with Gasteiger partial charge in [-0.15, -0.1) is 0 Å². The Morgan fingerprint density at radius 2 is 2.10 bits per heavy atom. The summed E-state index contributed by atoms with van der Waals surface area (Å²) in [6, 6.07) is -0.240. The Kier molecular flexibility index (Phi) is 4.42. The Hall–Kier alpha value is -1.85. The van der Waals surface area contributed by atoms with E-state index < -0.39 is 18.5 Å². The quantitative estimate of drug-likeness (QED) is 0.708. The second kappa shape index (κ2) is 6.07. The van der Waals surface area contributed by atoms with Gasteiger partial charge >= 0.3 is 11.9 Å². The number of carbonyl (C=O) groups excluding carboxylic acids is 3. The van der Waals surface area contributed by atoms with E-state index in [0.29, 0.717) is 12.0 Å². The lowest BCUT2D eigenvalue weighted by Gasteiger charge is -2.34. The molecule has 3 aliphatic rings. The minimum Gasteiger partial charge on any atom is -0.463 e. The lowest BCUT2D eigenvalue weighted by atomic mass is 9.92. The number of fused-ring (bicyclic) bond motifs is 3. The minimum atomic E-state index is -0.566. The summed E-state index contributed by atoms with van der Waals surface area (Å²) in [5, 5.41) is 0. The van der Waals surface area contributed by atoms with Gasteiger partial charge in [0, 0.05) is 13.0 Å². The predicted molar refractivity (Wildman–Crippen MR) is 69.6 cm³/mol. The van der Waals surface area contributed by atoms with Gasteiger partial charge in [-0.25, -0.2) is 9.59 Å². The van der Waals surface area contributed by atoms with Crippen LogP contribution in [0.25, 0.3) is 0 Å².